The Morgan fingerprint density at radius 1 is 1.02 bits per heavy atom. The van der Waals surface area contributed by atoms with Crippen LogP contribution in [0.3, 0.4) is 0 Å². The maximum absolute atomic E-state index is 15.9. The fraction of sp³-hybridized carbons (Fsp3) is 0.438. The number of hydrogen-bond donors (Lipinski definition) is 1. The fourth-order valence-electron chi connectivity index (χ4n) is 6.55. The molecule has 3 aliphatic rings. The minimum absolute atomic E-state index is 0.174. The summed E-state index contributed by atoms with van der Waals surface area (Å²) >= 11 is 0. The zero-order valence-electron chi connectivity index (χ0n) is 22.9. The highest BCUT2D eigenvalue weighted by molar-refractivity contribution is 5.53. The Morgan fingerprint density at radius 3 is 2.38 bits per heavy atom. The van der Waals surface area contributed by atoms with Gasteiger partial charge in [-0.25, -0.2) is 17.6 Å². The lowest BCUT2D eigenvalue weighted by Gasteiger charge is -2.43. The number of nitrogens with zero attached hydrogens (tertiary/aromatic N) is 2. The molecule has 3 aliphatic heterocycles. The van der Waals surface area contributed by atoms with Crippen molar-refractivity contribution in [2.24, 2.45) is 5.41 Å². The average molecular weight is 554 g/mol. The van der Waals surface area contributed by atoms with E-state index in [1.807, 2.05) is 48.2 Å². The summed E-state index contributed by atoms with van der Waals surface area (Å²) in [6.45, 7) is 5.78. The van der Waals surface area contributed by atoms with Gasteiger partial charge in [-0.1, -0.05) is 36.4 Å². The summed E-state index contributed by atoms with van der Waals surface area (Å²) < 4.78 is 66.7. The third-order valence-electron chi connectivity index (χ3n) is 8.67. The minimum Gasteiger partial charge on any atom is -0.489 e. The molecule has 0 bridgehead atoms. The molecule has 3 aromatic rings. The summed E-state index contributed by atoms with van der Waals surface area (Å²) in [5, 5.41) is 3.30. The lowest BCUT2D eigenvalue weighted by atomic mass is 9.81. The third kappa shape index (κ3) is 5.31. The molecule has 0 amide bonds. The Bertz CT molecular complexity index is 1350. The van der Waals surface area contributed by atoms with Crippen molar-refractivity contribution in [1.82, 2.24) is 10.2 Å². The number of hydrogen-bond acceptors (Lipinski definition) is 4. The molecule has 0 aliphatic carbocycles. The van der Waals surface area contributed by atoms with Crippen LogP contribution in [0.5, 0.6) is 5.75 Å². The van der Waals surface area contributed by atoms with Gasteiger partial charge < -0.3 is 15.0 Å². The van der Waals surface area contributed by atoms with Crippen LogP contribution in [0.15, 0.2) is 60.7 Å². The maximum atomic E-state index is 15.9. The Labute approximate surface area is 232 Å². The van der Waals surface area contributed by atoms with Crippen molar-refractivity contribution < 1.29 is 22.3 Å². The molecule has 3 aromatic carbocycles. The van der Waals surface area contributed by atoms with Crippen molar-refractivity contribution in [1.29, 1.82) is 0 Å². The Balaban J connectivity index is 1.34. The number of fused-ring (bicyclic) bond motifs is 1. The molecule has 2 fully saturated rings. The Kier molecular flexibility index (Phi) is 7.03. The molecular formula is C32H35F4N3O. The van der Waals surface area contributed by atoms with E-state index in [4.69, 9.17) is 4.74 Å². The number of ether oxygens (including phenoxy) is 1. The number of rotatable bonds is 7. The van der Waals surface area contributed by atoms with Gasteiger partial charge in [-0.3, -0.25) is 4.90 Å². The van der Waals surface area contributed by atoms with Crippen LogP contribution in [0.25, 0.3) is 0 Å². The molecule has 3 heterocycles. The van der Waals surface area contributed by atoms with Crippen LogP contribution >= 0.6 is 0 Å². The van der Waals surface area contributed by atoms with Gasteiger partial charge in [-0.2, -0.15) is 0 Å². The zero-order valence-corrected chi connectivity index (χ0v) is 22.9. The predicted molar refractivity (Wildman–Crippen MR) is 148 cm³/mol. The number of benzene rings is 3. The summed E-state index contributed by atoms with van der Waals surface area (Å²) in [6, 6.07) is 16.6. The number of alkyl halides is 2. The highest BCUT2D eigenvalue weighted by Gasteiger charge is 2.44. The largest absolute Gasteiger partial charge is 0.489 e. The van der Waals surface area contributed by atoms with Gasteiger partial charge in [-0.05, 0) is 60.7 Å². The number of nitrogens with one attached hydrogen (secondary N) is 1. The maximum Gasteiger partial charge on any atom is 0.257 e. The zero-order chi connectivity index (χ0) is 28.1. The first-order valence-corrected chi connectivity index (χ1v) is 14.0. The van der Waals surface area contributed by atoms with Crippen molar-refractivity contribution in [2.45, 2.75) is 51.3 Å². The van der Waals surface area contributed by atoms with Gasteiger partial charge in [-0.15, -0.1) is 0 Å². The molecule has 8 heteroatoms. The SMILES string of the molecule is C[C@@H]1Cc2cc(OCc3ccccc3)ccc2C(c2c(F)cc(N3CCC4(CNC4)C3)cc2F)N1CC(C)(F)F. The van der Waals surface area contributed by atoms with E-state index in [0.717, 1.165) is 50.7 Å². The number of anilines is 1. The average Bonchev–Trinajstić information content (AvgIpc) is 3.35. The minimum atomic E-state index is -3.03. The lowest BCUT2D eigenvalue weighted by Crippen LogP contribution is -2.54. The van der Waals surface area contributed by atoms with Crippen LogP contribution in [-0.4, -0.2) is 49.6 Å². The van der Waals surface area contributed by atoms with Crippen molar-refractivity contribution in [2.75, 3.05) is 37.6 Å². The molecule has 0 aromatic heterocycles. The van der Waals surface area contributed by atoms with Gasteiger partial charge in [0.15, 0.2) is 0 Å². The van der Waals surface area contributed by atoms with Crippen molar-refractivity contribution in [3.63, 3.8) is 0 Å². The van der Waals surface area contributed by atoms with Crippen LogP contribution in [-0.2, 0) is 13.0 Å². The first-order chi connectivity index (χ1) is 19.1. The van der Waals surface area contributed by atoms with Gasteiger partial charge >= 0.3 is 0 Å². The lowest BCUT2D eigenvalue weighted by molar-refractivity contribution is -0.0371. The van der Waals surface area contributed by atoms with Crippen molar-refractivity contribution >= 4 is 5.69 Å². The van der Waals surface area contributed by atoms with E-state index in [0.29, 0.717) is 30.0 Å². The van der Waals surface area contributed by atoms with E-state index in [1.165, 1.54) is 12.1 Å². The molecule has 2 saturated heterocycles. The Morgan fingerprint density at radius 2 is 1.75 bits per heavy atom. The second-order valence-electron chi connectivity index (χ2n) is 11.9. The van der Waals surface area contributed by atoms with E-state index in [9.17, 15) is 8.78 Å². The Hall–Kier alpha value is -3.10. The molecule has 40 heavy (non-hydrogen) atoms. The molecule has 2 atom stereocenters. The quantitative estimate of drug-likeness (QED) is 0.346. The van der Waals surface area contributed by atoms with Crippen LogP contribution in [0.4, 0.5) is 23.2 Å². The fourth-order valence-corrected chi connectivity index (χ4v) is 6.55. The second-order valence-corrected chi connectivity index (χ2v) is 11.9. The second kappa shape index (κ2) is 10.4. The summed E-state index contributed by atoms with van der Waals surface area (Å²) in [6.07, 6.45) is 1.45. The first-order valence-electron chi connectivity index (χ1n) is 14.0. The molecule has 6 rings (SSSR count). The molecule has 212 valence electrons. The molecule has 0 radical (unpaired) electrons. The van der Waals surface area contributed by atoms with Crippen LogP contribution in [0, 0.1) is 17.0 Å². The summed E-state index contributed by atoms with van der Waals surface area (Å²) in [4.78, 5) is 3.57. The highest BCUT2D eigenvalue weighted by atomic mass is 19.3. The van der Waals surface area contributed by atoms with Gasteiger partial charge in [0.2, 0.25) is 0 Å². The molecule has 4 nitrogen and oxygen atoms in total. The van der Waals surface area contributed by atoms with E-state index < -0.39 is 30.1 Å². The van der Waals surface area contributed by atoms with Crippen LogP contribution in [0.1, 0.15) is 48.6 Å². The summed E-state index contributed by atoms with van der Waals surface area (Å²) in [5.41, 5.74) is 2.99. The molecule has 1 N–H and O–H groups in total. The van der Waals surface area contributed by atoms with Gasteiger partial charge in [0.05, 0.1) is 12.6 Å². The smallest absolute Gasteiger partial charge is 0.257 e. The van der Waals surface area contributed by atoms with E-state index in [2.05, 4.69) is 5.32 Å². The van der Waals surface area contributed by atoms with Gasteiger partial charge in [0.25, 0.3) is 5.92 Å². The standard InChI is InChI=1S/C32H35F4N3O/c1-21-12-23-13-25(40-16-22-6-4-3-5-7-22)8-9-26(23)30(39(21)19-31(2,35)36)29-27(33)14-24(15-28(29)34)38-11-10-32(20-38)17-37-18-32/h3-9,13-15,21,30,37H,10-12,16-20H2,1-2H3/t21-,30?/m1/s1. The van der Waals surface area contributed by atoms with Crippen molar-refractivity contribution in [3.05, 3.63) is 94.6 Å². The van der Waals surface area contributed by atoms with Crippen molar-refractivity contribution in [3.8, 4) is 5.75 Å². The number of halogens is 4. The van der Waals surface area contributed by atoms with Gasteiger partial charge in [0, 0.05) is 55.8 Å². The van der Waals surface area contributed by atoms with E-state index in [-0.39, 0.29) is 17.0 Å². The molecule has 0 saturated carbocycles. The third-order valence-corrected chi connectivity index (χ3v) is 8.67. The predicted octanol–water partition coefficient (Wildman–Crippen LogP) is 6.33. The normalized spacial score (nSPS) is 22.3. The van der Waals surface area contributed by atoms with E-state index >= 15 is 8.78 Å². The first kappa shape index (κ1) is 27.1. The van der Waals surface area contributed by atoms with E-state index in [1.54, 1.807) is 17.0 Å². The topological polar surface area (TPSA) is 27.7 Å². The monoisotopic (exact) mass is 553 g/mol. The van der Waals surface area contributed by atoms with Gasteiger partial charge in [0.1, 0.15) is 24.0 Å². The highest BCUT2D eigenvalue weighted by Crippen LogP contribution is 2.44. The van der Waals surface area contributed by atoms with Crippen LogP contribution < -0.4 is 15.0 Å². The summed E-state index contributed by atoms with van der Waals surface area (Å²) in [5.74, 6) is -3.81. The molecular weight excluding hydrogens is 518 g/mol. The van der Waals surface area contributed by atoms with Crippen LogP contribution in [0.2, 0.25) is 0 Å². The molecule has 1 unspecified atom stereocenters. The summed E-state index contributed by atoms with van der Waals surface area (Å²) in [7, 11) is 0. The molecule has 1 spiro atoms.